The summed E-state index contributed by atoms with van der Waals surface area (Å²) in [5.41, 5.74) is 16.8. The van der Waals surface area contributed by atoms with Gasteiger partial charge in [-0.1, -0.05) is 0 Å². The monoisotopic (exact) mass is 323 g/mol. The van der Waals surface area contributed by atoms with Crippen molar-refractivity contribution < 1.29 is 0 Å². The highest BCUT2D eigenvalue weighted by molar-refractivity contribution is 5.69. The van der Waals surface area contributed by atoms with Crippen molar-refractivity contribution in [3.8, 4) is 0 Å². The topological polar surface area (TPSA) is 140 Å². The van der Waals surface area contributed by atoms with Gasteiger partial charge >= 0.3 is 5.69 Å². The molecule has 0 bridgehead atoms. The first-order valence-electron chi connectivity index (χ1n) is 7.58. The first kappa shape index (κ1) is 17.4. The minimum atomic E-state index is -0.903. The third kappa shape index (κ3) is 3.52. The molecule has 1 unspecified atom stereocenters. The van der Waals surface area contributed by atoms with Crippen LogP contribution in [0, 0.1) is 0 Å². The van der Waals surface area contributed by atoms with Crippen molar-refractivity contribution >= 4 is 11.2 Å². The summed E-state index contributed by atoms with van der Waals surface area (Å²) in [6.45, 7) is 2.09. The van der Waals surface area contributed by atoms with Gasteiger partial charge in [-0.2, -0.15) is 0 Å². The molecule has 0 fully saturated rings. The van der Waals surface area contributed by atoms with Gasteiger partial charge in [0, 0.05) is 26.7 Å². The Hall–Kier alpha value is -1.97. The molecule has 2 aromatic rings. The highest BCUT2D eigenvalue weighted by Crippen LogP contribution is 2.10. The van der Waals surface area contributed by atoms with Crippen LogP contribution in [0.3, 0.4) is 0 Å². The number of imidazole rings is 1. The fourth-order valence-electron chi connectivity index (χ4n) is 2.86. The molecule has 0 saturated heterocycles. The standard InChI is InChI=1S/C14H25N7O2/c1-9(15)7-14(16,17)5-4-6-21-12(22)10-11(18-8-19(10)2)20(3)13(21)23/h8-9H,4-7,15-17H2,1-3H3. The zero-order valence-electron chi connectivity index (χ0n) is 13.8. The highest BCUT2D eigenvalue weighted by Gasteiger charge is 2.21. The quantitative estimate of drug-likeness (QED) is 0.556. The van der Waals surface area contributed by atoms with Gasteiger partial charge in [0.15, 0.2) is 11.2 Å². The van der Waals surface area contributed by atoms with Crippen molar-refractivity contribution in [3.63, 3.8) is 0 Å². The summed E-state index contributed by atoms with van der Waals surface area (Å²) in [4.78, 5) is 29.0. The Balaban J connectivity index is 2.26. The highest BCUT2D eigenvalue weighted by atomic mass is 16.2. The maximum atomic E-state index is 12.5. The number of hydrogen-bond donors (Lipinski definition) is 3. The van der Waals surface area contributed by atoms with Crippen molar-refractivity contribution in [1.29, 1.82) is 0 Å². The molecule has 128 valence electrons. The lowest BCUT2D eigenvalue weighted by Crippen LogP contribution is -2.52. The Morgan fingerprint density at radius 1 is 1.30 bits per heavy atom. The van der Waals surface area contributed by atoms with E-state index >= 15 is 0 Å². The van der Waals surface area contributed by atoms with E-state index in [0.717, 1.165) is 0 Å². The summed E-state index contributed by atoms with van der Waals surface area (Å²) >= 11 is 0. The zero-order chi connectivity index (χ0) is 17.4. The maximum Gasteiger partial charge on any atom is 0.332 e. The summed E-state index contributed by atoms with van der Waals surface area (Å²) < 4.78 is 4.18. The van der Waals surface area contributed by atoms with Gasteiger partial charge in [-0.3, -0.25) is 13.9 Å². The average molecular weight is 323 g/mol. The Morgan fingerprint density at radius 2 is 1.96 bits per heavy atom. The molecule has 0 aliphatic carbocycles. The van der Waals surface area contributed by atoms with Crippen LogP contribution >= 0.6 is 0 Å². The molecule has 0 aliphatic heterocycles. The molecule has 0 spiro atoms. The summed E-state index contributed by atoms with van der Waals surface area (Å²) in [6.07, 6.45) is 2.97. The Bertz CT molecular complexity index is 813. The zero-order valence-corrected chi connectivity index (χ0v) is 13.8. The molecule has 1 atom stereocenters. The largest absolute Gasteiger partial charge is 0.332 e. The molecule has 23 heavy (non-hydrogen) atoms. The lowest BCUT2D eigenvalue weighted by atomic mass is 9.98. The number of rotatable bonds is 6. The van der Waals surface area contributed by atoms with Gasteiger partial charge in [-0.25, -0.2) is 9.78 Å². The van der Waals surface area contributed by atoms with E-state index < -0.39 is 11.4 Å². The number of aryl methyl sites for hydroxylation is 2. The number of fused-ring (bicyclic) bond motifs is 1. The number of nitrogens with zero attached hydrogens (tertiary/aromatic N) is 4. The first-order chi connectivity index (χ1) is 10.6. The molecule has 9 heteroatoms. The number of nitrogens with two attached hydrogens (primary N) is 3. The molecule has 6 N–H and O–H groups in total. The van der Waals surface area contributed by atoms with Crippen LogP contribution in [0.2, 0.25) is 0 Å². The first-order valence-corrected chi connectivity index (χ1v) is 7.58. The minimum absolute atomic E-state index is 0.105. The number of aromatic nitrogens is 4. The molecule has 0 saturated carbocycles. The van der Waals surface area contributed by atoms with Crippen LogP contribution < -0.4 is 28.5 Å². The van der Waals surface area contributed by atoms with E-state index in [1.807, 2.05) is 6.92 Å². The normalized spacial score (nSPS) is 13.7. The SMILES string of the molecule is CC(N)CC(N)(N)CCCn1c(=O)c2c(ncn2C)n(C)c1=O. The Morgan fingerprint density at radius 3 is 2.57 bits per heavy atom. The van der Waals surface area contributed by atoms with Gasteiger partial charge in [-0.05, 0) is 26.2 Å². The fourth-order valence-corrected chi connectivity index (χ4v) is 2.86. The molecule has 9 nitrogen and oxygen atoms in total. The molecule has 2 rings (SSSR count). The second-order valence-corrected chi connectivity index (χ2v) is 6.34. The molecular weight excluding hydrogens is 298 g/mol. The van der Waals surface area contributed by atoms with Crippen LogP contribution in [0.1, 0.15) is 26.2 Å². The van der Waals surface area contributed by atoms with Crippen LogP contribution in [0.5, 0.6) is 0 Å². The molecule has 0 amide bonds. The lowest BCUT2D eigenvalue weighted by molar-refractivity contribution is 0.335. The van der Waals surface area contributed by atoms with E-state index in [0.29, 0.717) is 30.4 Å². The van der Waals surface area contributed by atoms with E-state index in [-0.39, 0.29) is 18.1 Å². The van der Waals surface area contributed by atoms with Gasteiger partial charge in [0.05, 0.1) is 12.0 Å². The predicted molar refractivity (Wildman–Crippen MR) is 88.8 cm³/mol. The Kier molecular flexibility index (Phi) is 4.73. The van der Waals surface area contributed by atoms with Gasteiger partial charge in [0.2, 0.25) is 0 Å². The van der Waals surface area contributed by atoms with Crippen LogP contribution in [-0.4, -0.2) is 30.4 Å². The molecular formula is C14H25N7O2. The third-order valence-electron chi connectivity index (χ3n) is 3.93. The van der Waals surface area contributed by atoms with E-state index in [2.05, 4.69) is 4.98 Å². The van der Waals surface area contributed by atoms with Crippen LogP contribution in [0.4, 0.5) is 0 Å². The van der Waals surface area contributed by atoms with Crippen LogP contribution in [-0.2, 0) is 20.6 Å². The lowest BCUT2D eigenvalue weighted by Gasteiger charge is -2.26. The molecule has 2 heterocycles. The second-order valence-electron chi connectivity index (χ2n) is 6.34. The van der Waals surface area contributed by atoms with Crippen molar-refractivity contribution in [2.24, 2.45) is 31.3 Å². The molecule has 0 radical (unpaired) electrons. The van der Waals surface area contributed by atoms with Crippen molar-refractivity contribution in [2.45, 2.75) is 44.4 Å². The van der Waals surface area contributed by atoms with Gasteiger partial charge in [-0.15, -0.1) is 0 Å². The summed E-state index contributed by atoms with van der Waals surface area (Å²) in [5, 5.41) is 0. The van der Waals surface area contributed by atoms with Gasteiger partial charge in [0.1, 0.15) is 0 Å². The predicted octanol–water partition coefficient (Wildman–Crippen LogP) is -1.44. The molecule has 0 aliphatic rings. The Labute approximate surface area is 133 Å². The molecule has 2 aromatic heterocycles. The maximum absolute atomic E-state index is 12.5. The number of hydrogen-bond acceptors (Lipinski definition) is 6. The van der Waals surface area contributed by atoms with E-state index in [9.17, 15) is 9.59 Å². The van der Waals surface area contributed by atoms with Gasteiger partial charge in [0.25, 0.3) is 5.56 Å². The summed E-state index contributed by atoms with van der Waals surface area (Å²) in [6, 6.07) is -0.105. The average Bonchev–Trinajstić information content (AvgIpc) is 2.81. The fraction of sp³-hybridized carbons (Fsp3) is 0.643. The van der Waals surface area contributed by atoms with Crippen molar-refractivity contribution in [2.75, 3.05) is 0 Å². The van der Waals surface area contributed by atoms with E-state index in [1.165, 1.54) is 15.5 Å². The summed E-state index contributed by atoms with van der Waals surface area (Å²) in [7, 11) is 3.32. The van der Waals surface area contributed by atoms with Crippen molar-refractivity contribution in [1.82, 2.24) is 18.7 Å². The van der Waals surface area contributed by atoms with Crippen LogP contribution in [0.25, 0.3) is 11.2 Å². The van der Waals surface area contributed by atoms with Crippen LogP contribution in [0.15, 0.2) is 15.9 Å². The molecule has 0 aromatic carbocycles. The van der Waals surface area contributed by atoms with Gasteiger partial charge < -0.3 is 21.8 Å². The summed E-state index contributed by atoms with van der Waals surface area (Å²) in [5.74, 6) is 0. The minimum Gasteiger partial charge on any atom is -0.328 e. The second kappa shape index (κ2) is 6.26. The van der Waals surface area contributed by atoms with E-state index in [4.69, 9.17) is 17.2 Å². The smallest absolute Gasteiger partial charge is 0.328 e. The third-order valence-corrected chi connectivity index (χ3v) is 3.93. The van der Waals surface area contributed by atoms with Crippen molar-refractivity contribution in [3.05, 3.63) is 27.2 Å². The van der Waals surface area contributed by atoms with E-state index in [1.54, 1.807) is 18.7 Å².